The van der Waals surface area contributed by atoms with Crippen molar-refractivity contribution in [3.63, 3.8) is 0 Å². The van der Waals surface area contributed by atoms with Crippen LogP contribution in [0.2, 0.25) is 0 Å². The Labute approximate surface area is 147 Å². The first kappa shape index (κ1) is 16.1. The van der Waals surface area contributed by atoms with Crippen LogP contribution in [0.3, 0.4) is 0 Å². The van der Waals surface area contributed by atoms with E-state index in [1.807, 2.05) is 17.0 Å². The average molecular weight is 339 g/mol. The molecule has 2 fully saturated rings. The summed E-state index contributed by atoms with van der Waals surface area (Å²) in [6.07, 6.45) is 8.28. The van der Waals surface area contributed by atoms with Crippen molar-refractivity contribution in [1.29, 1.82) is 0 Å². The number of pyridine rings is 1. The van der Waals surface area contributed by atoms with Crippen molar-refractivity contribution < 1.29 is 9.18 Å². The van der Waals surface area contributed by atoms with Crippen LogP contribution in [0.15, 0.2) is 48.8 Å². The third-order valence-electron chi connectivity index (χ3n) is 5.65. The lowest BCUT2D eigenvalue weighted by atomic mass is 9.68. The SMILES string of the molecule is O=C(N[C@H](c1ccncc1)c1ccc(F)cc1)N1CCC2(CCC2)C1. The van der Waals surface area contributed by atoms with Gasteiger partial charge in [-0.1, -0.05) is 18.6 Å². The van der Waals surface area contributed by atoms with Gasteiger partial charge in [0.1, 0.15) is 5.82 Å². The third-order valence-corrected chi connectivity index (χ3v) is 5.65. The zero-order valence-electron chi connectivity index (χ0n) is 14.1. The van der Waals surface area contributed by atoms with Crippen molar-refractivity contribution in [3.8, 4) is 0 Å². The number of carbonyl (C=O) groups is 1. The van der Waals surface area contributed by atoms with Gasteiger partial charge in [0, 0.05) is 25.5 Å². The van der Waals surface area contributed by atoms with Crippen molar-refractivity contribution in [2.75, 3.05) is 13.1 Å². The molecule has 5 heteroatoms. The summed E-state index contributed by atoms with van der Waals surface area (Å²) in [5, 5.41) is 3.13. The second-order valence-corrected chi connectivity index (χ2v) is 7.24. The van der Waals surface area contributed by atoms with Crippen LogP contribution in [0.4, 0.5) is 9.18 Å². The molecule has 1 saturated carbocycles. The highest BCUT2D eigenvalue weighted by Crippen LogP contribution is 2.47. The normalized spacial score (nSPS) is 19.5. The third kappa shape index (κ3) is 3.23. The van der Waals surface area contributed by atoms with Gasteiger partial charge in [-0.25, -0.2) is 9.18 Å². The topological polar surface area (TPSA) is 45.2 Å². The first-order valence-corrected chi connectivity index (χ1v) is 8.86. The molecule has 1 aliphatic carbocycles. The van der Waals surface area contributed by atoms with Crippen LogP contribution in [0.25, 0.3) is 0 Å². The highest BCUT2D eigenvalue weighted by Gasteiger charge is 2.44. The maximum Gasteiger partial charge on any atom is 0.318 e. The fourth-order valence-electron chi connectivity index (χ4n) is 3.98. The fraction of sp³-hybridized carbons (Fsp3) is 0.400. The lowest BCUT2D eigenvalue weighted by molar-refractivity contribution is 0.140. The molecule has 2 heterocycles. The predicted octanol–water partition coefficient (Wildman–Crippen LogP) is 3.90. The van der Waals surface area contributed by atoms with Crippen molar-refractivity contribution in [3.05, 3.63) is 65.7 Å². The number of nitrogens with zero attached hydrogens (tertiary/aromatic N) is 2. The molecule has 1 aliphatic heterocycles. The van der Waals surface area contributed by atoms with Crippen LogP contribution in [0, 0.1) is 11.2 Å². The molecule has 1 N–H and O–H groups in total. The number of benzene rings is 1. The van der Waals surface area contributed by atoms with E-state index < -0.39 is 0 Å². The van der Waals surface area contributed by atoms with Crippen LogP contribution in [0.1, 0.15) is 42.9 Å². The van der Waals surface area contributed by atoms with Gasteiger partial charge in [0.05, 0.1) is 6.04 Å². The number of hydrogen-bond acceptors (Lipinski definition) is 2. The zero-order chi connectivity index (χ0) is 17.3. The Balaban J connectivity index is 1.54. The number of carbonyl (C=O) groups excluding carboxylic acids is 1. The molecule has 1 saturated heterocycles. The average Bonchev–Trinajstić information content (AvgIpc) is 3.08. The lowest BCUT2D eigenvalue weighted by Crippen LogP contribution is -2.42. The largest absolute Gasteiger partial charge is 0.327 e. The predicted molar refractivity (Wildman–Crippen MR) is 93.5 cm³/mol. The summed E-state index contributed by atoms with van der Waals surface area (Å²) in [5.41, 5.74) is 2.17. The van der Waals surface area contributed by atoms with E-state index in [4.69, 9.17) is 0 Å². The number of aromatic nitrogens is 1. The van der Waals surface area contributed by atoms with Gasteiger partial charge in [0.15, 0.2) is 0 Å². The van der Waals surface area contributed by atoms with Gasteiger partial charge in [-0.3, -0.25) is 4.98 Å². The minimum absolute atomic E-state index is 0.0464. The van der Waals surface area contributed by atoms with Crippen LogP contribution < -0.4 is 5.32 Å². The number of likely N-dealkylation sites (tertiary alicyclic amines) is 1. The second kappa shape index (κ2) is 6.47. The summed E-state index contributed by atoms with van der Waals surface area (Å²) in [6, 6.07) is 9.70. The van der Waals surface area contributed by atoms with E-state index in [0.717, 1.165) is 30.6 Å². The molecule has 1 aromatic heterocycles. The van der Waals surface area contributed by atoms with Gasteiger partial charge < -0.3 is 10.2 Å². The molecule has 130 valence electrons. The first-order chi connectivity index (χ1) is 12.2. The summed E-state index contributed by atoms with van der Waals surface area (Å²) in [6.45, 7) is 1.67. The smallest absolute Gasteiger partial charge is 0.318 e. The molecule has 1 aromatic carbocycles. The maximum absolute atomic E-state index is 13.3. The molecule has 2 aliphatic rings. The van der Waals surface area contributed by atoms with Gasteiger partial charge in [-0.15, -0.1) is 0 Å². The standard InChI is InChI=1S/C20H22FN3O/c21-17-4-2-15(3-5-17)18(16-6-11-22-12-7-16)23-19(25)24-13-10-20(14-24)8-1-9-20/h2-7,11-12,18H,1,8-10,13-14H2,(H,23,25)/t18-/m0/s1. The summed E-state index contributed by atoms with van der Waals surface area (Å²) in [5.74, 6) is -0.282. The van der Waals surface area contributed by atoms with E-state index in [9.17, 15) is 9.18 Å². The quantitative estimate of drug-likeness (QED) is 0.922. The van der Waals surface area contributed by atoms with Crippen LogP contribution in [-0.2, 0) is 0 Å². The minimum Gasteiger partial charge on any atom is -0.327 e. The van der Waals surface area contributed by atoms with E-state index in [1.165, 1.54) is 31.4 Å². The molecule has 0 bridgehead atoms. The first-order valence-electron chi connectivity index (χ1n) is 8.86. The molecule has 2 amide bonds. The Bertz CT molecular complexity index is 743. The van der Waals surface area contributed by atoms with Gasteiger partial charge >= 0.3 is 6.03 Å². The number of halogens is 1. The molecular formula is C20H22FN3O. The van der Waals surface area contributed by atoms with Gasteiger partial charge in [0.2, 0.25) is 0 Å². The van der Waals surface area contributed by atoms with Crippen molar-refractivity contribution >= 4 is 6.03 Å². The molecular weight excluding hydrogens is 317 g/mol. The Morgan fingerprint density at radius 2 is 1.76 bits per heavy atom. The molecule has 2 aromatic rings. The molecule has 0 radical (unpaired) electrons. The molecule has 4 nitrogen and oxygen atoms in total. The van der Waals surface area contributed by atoms with Crippen LogP contribution in [-0.4, -0.2) is 29.0 Å². The molecule has 1 atom stereocenters. The number of hydrogen-bond donors (Lipinski definition) is 1. The monoisotopic (exact) mass is 339 g/mol. The maximum atomic E-state index is 13.3. The second-order valence-electron chi connectivity index (χ2n) is 7.24. The van der Waals surface area contributed by atoms with Crippen LogP contribution >= 0.6 is 0 Å². The van der Waals surface area contributed by atoms with E-state index in [1.54, 1.807) is 24.5 Å². The molecule has 25 heavy (non-hydrogen) atoms. The van der Waals surface area contributed by atoms with Crippen LogP contribution in [0.5, 0.6) is 0 Å². The van der Waals surface area contributed by atoms with Gasteiger partial charge in [-0.05, 0) is 60.1 Å². The summed E-state index contributed by atoms with van der Waals surface area (Å²) in [7, 11) is 0. The minimum atomic E-state index is -0.311. The van der Waals surface area contributed by atoms with Gasteiger partial charge in [-0.2, -0.15) is 0 Å². The highest BCUT2D eigenvalue weighted by atomic mass is 19.1. The number of rotatable bonds is 3. The van der Waals surface area contributed by atoms with Gasteiger partial charge in [0.25, 0.3) is 0 Å². The van der Waals surface area contributed by atoms with E-state index in [2.05, 4.69) is 10.3 Å². The Kier molecular flexibility index (Phi) is 4.15. The lowest BCUT2D eigenvalue weighted by Gasteiger charge is -2.38. The fourth-order valence-corrected chi connectivity index (χ4v) is 3.98. The molecule has 4 rings (SSSR count). The summed E-state index contributed by atoms with van der Waals surface area (Å²) in [4.78, 5) is 18.8. The van der Waals surface area contributed by atoms with Crippen molar-refractivity contribution in [2.45, 2.75) is 31.7 Å². The summed E-state index contributed by atoms with van der Waals surface area (Å²) < 4.78 is 13.3. The number of urea groups is 1. The molecule has 0 unspecified atom stereocenters. The number of amides is 2. The molecule has 1 spiro atoms. The zero-order valence-corrected chi connectivity index (χ0v) is 14.1. The van der Waals surface area contributed by atoms with Crippen molar-refractivity contribution in [1.82, 2.24) is 15.2 Å². The number of nitrogens with one attached hydrogen (secondary N) is 1. The van der Waals surface area contributed by atoms with E-state index in [0.29, 0.717) is 5.41 Å². The van der Waals surface area contributed by atoms with Crippen molar-refractivity contribution in [2.24, 2.45) is 5.41 Å². The van der Waals surface area contributed by atoms with E-state index >= 15 is 0 Å². The highest BCUT2D eigenvalue weighted by molar-refractivity contribution is 5.75. The Morgan fingerprint density at radius 3 is 2.36 bits per heavy atom. The Hall–Kier alpha value is -2.43. The Morgan fingerprint density at radius 1 is 1.08 bits per heavy atom. The van der Waals surface area contributed by atoms with E-state index in [-0.39, 0.29) is 17.9 Å². The summed E-state index contributed by atoms with van der Waals surface area (Å²) >= 11 is 0.